The number of nitro benzene ring substituents is 1. The highest BCUT2D eigenvalue weighted by Gasteiger charge is 2.25. The molecule has 0 aliphatic rings. The van der Waals surface area contributed by atoms with Gasteiger partial charge in [-0.3, -0.25) is 19.9 Å². The average Bonchev–Trinajstić information content (AvgIpc) is 3.45. The number of rotatable bonds is 9. The molecule has 1 amide bonds. The molecular weight excluding hydrogens is 602 g/mol. The van der Waals surface area contributed by atoms with E-state index in [0.717, 1.165) is 11.3 Å². The van der Waals surface area contributed by atoms with Crippen LogP contribution in [0.1, 0.15) is 17.2 Å². The summed E-state index contributed by atoms with van der Waals surface area (Å²) in [4.78, 5) is 41.1. The molecule has 0 saturated heterocycles. The minimum atomic E-state index is -1.30. The molecule has 0 radical (unpaired) electrons. The number of anilines is 1. The zero-order valence-corrected chi connectivity index (χ0v) is 23.4. The van der Waals surface area contributed by atoms with E-state index in [2.05, 4.69) is 26.2 Å². The molecule has 11 heteroatoms. The maximum atomic E-state index is 13.3. The predicted molar refractivity (Wildman–Crippen MR) is 161 cm³/mol. The molecule has 42 heavy (non-hydrogen) atoms. The first-order valence-electron chi connectivity index (χ1n) is 12.6. The van der Waals surface area contributed by atoms with E-state index in [1.165, 1.54) is 24.3 Å². The smallest absolute Gasteiger partial charge is 0.331 e. The molecule has 2 aromatic heterocycles. The topological polar surface area (TPSA) is 129 Å². The van der Waals surface area contributed by atoms with Crippen molar-refractivity contribution in [2.45, 2.75) is 6.10 Å². The van der Waals surface area contributed by atoms with Crippen molar-refractivity contribution in [2.24, 2.45) is 0 Å². The van der Waals surface area contributed by atoms with Crippen molar-refractivity contribution in [3.8, 4) is 16.9 Å². The molecule has 0 aliphatic carbocycles. The molecule has 1 atom stereocenters. The van der Waals surface area contributed by atoms with Crippen LogP contribution in [0.2, 0.25) is 0 Å². The lowest BCUT2D eigenvalue weighted by atomic mass is 10.1. The number of esters is 1. The number of para-hydroxylation sites is 1. The number of hydrogen-bond donors (Lipinski definition) is 1. The van der Waals surface area contributed by atoms with E-state index in [4.69, 9.17) is 9.84 Å². The Kier molecular flexibility index (Phi) is 8.59. The van der Waals surface area contributed by atoms with E-state index in [1.54, 1.807) is 65.7 Å². The van der Waals surface area contributed by atoms with Gasteiger partial charge in [-0.1, -0.05) is 48.5 Å². The number of nitrogens with zero attached hydrogens (tertiary/aromatic N) is 4. The first-order chi connectivity index (χ1) is 20.4. The Morgan fingerprint density at radius 1 is 1.00 bits per heavy atom. The summed E-state index contributed by atoms with van der Waals surface area (Å²) in [6.07, 6.45) is 6.64. The van der Waals surface area contributed by atoms with E-state index < -0.39 is 22.9 Å². The zero-order valence-electron chi connectivity index (χ0n) is 21.8. The summed E-state index contributed by atoms with van der Waals surface area (Å²) in [6, 6.07) is 25.7. The number of pyridine rings is 1. The second-order valence-corrected chi connectivity index (χ2v) is 9.78. The van der Waals surface area contributed by atoms with Gasteiger partial charge in [-0.15, -0.1) is 0 Å². The number of halogens is 1. The van der Waals surface area contributed by atoms with Gasteiger partial charge in [0.25, 0.3) is 11.6 Å². The fraction of sp³-hybridized carbons (Fsp3) is 0.0323. The van der Waals surface area contributed by atoms with E-state index >= 15 is 0 Å². The summed E-state index contributed by atoms with van der Waals surface area (Å²) in [7, 11) is 0. The van der Waals surface area contributed by atoms with Gasteiger partial charge in [0.2, 0.25) is 6.10 Å². The third kappa shape index (κ3) is 6.65. The molecule has 0 aliphatic heterocycles. The van der Waals surface area contributed by atoms with Gasteiger partial charge in [-0.2, -0.15) is 5.10 Å². The van der Waals surface area contributed by atoms with Gasteiger partial charge < -0.3 is 10.1 Å². The summed E-state index contributed by atoms with van der Waals surface area (Å²) in [5.41, 5.74) is 3.43. The monoisotopic (exact) mass is 623 g/mol. The number of benzene rings is 3. The number of hydrogen-bond acceptors (Lipinski definition) is 7. The van der Waals surface area contributed by atoms with Crippen molar-refractivity contribution >= 4 is 45.3 Å². The molecule has 5 aromatic rings. The lowest BCUT2D eigenvalue weighted by Crippen LogP contribution is -2.25. The Bertz CT molecular complexity index is 1760. The zero-order chi connectivity index (χ0) is 29.5. The highest BCUT2D eigenvalue weighted by atomic mass is 79.9. The van der Waals surface area contributed by atoms with Crippen LogP contribution in [0.4, 0.5) is 11.4 Å². The van der Waals surface area contributed by atoms with Crippen LogP contribution < -0.4 is 5.32 Å². The Labute approximate surface area is 248 Å². The number of amides is 1. The van der Waals surface area contributed by atoms with Crippen LogP contribution in [0.3, 0.4) is 0 Å². The van der Waals surface area contributed by atoms with E-state index in [0.29, 0.717) is 21.3 Å². The number of nitrogens with one attached hydrogen (secondary N) is 1. The fourth-order valence-electron chi connectivity index (χ4n) is 4.08. The Morgan fingerprint density at radius 3 is 2.40 bits per heavy atom. The van der Waals surface area contributed by atoms with Crippen molar-refractivity contribution in [1.82, 2.24) is 14.8 Å². The number of ether oxygens (including phenoxy) is 1. The summed E-state index contributed by atoms with van der Waals surface area (Å²) in [6.45, 7) is 0. The Morgan fingerprint density at radius 2 is 1.74 bits per heavy atom. The van der Waals surface area contributed by atoms with Crippen LogP contribution in [-0.2, 0) is 14.3 Å². The SMILES string of the molecule is O=C(/C=C/c1cn(-c2ccccc2)nc1-c1cccnc1)O[C@@H](C(=O)Nc1ccc([N+](=O)[O-])cc1Br)c1ccccc1. The minimum Gasteiger partial charge on any atom is -0.444 e. The molecule has 1 N–H and O–H groups in total. The molecule has 0 unspecified atom stereocenters. The molecule has 0 saturated carbocycles. The Hall–Kier alpha value is -5.42. The first kappa shape index (κ1) is 28.1. The lowest BCUT2D eigenvalue weighted by molar-refractivity contribution is -0.384. The molecule has 0 spiro atoms. The largest absolute Gasteiger partial charge is 0.444 e. The van der Waals surface area contributed by atoms with E-state index in [9.17, 15) is 19.7 Å². The van der Waals surface area contributed by atoms with Gasteiger partial charge in [-0.25, -0.2) is 9.48 Å². The second kappa shape index (κ2) is 12.8. The third-order valence-electron chi connectivity index (χ3n) is 6.09. The Balaban J connectivity index is 1.40. The van der Waals surface area contributed by atoms with Crippen molar-refractivity contribution in [2.75, 3.05) is 5.32 Å². The second-order valence-electron chi connectivity index (χ2n) is 8.93. The van der Waals surface area contributed by atoms with Gasteiger partial charge in [-0.05, 0) is 52.3 Å². The molecule has 5 rings (SSSR count). The fourth-order valence-corrected chi connectivity index (χ4v) is 4.55. The molecule has 10 nitrogen and oxygen atoms in total. The number of carbonyl (C=O) groups is 2. The molecule has 2 heterocycles. The van der Waals surface area contributed by atoms with Gasteiger partial charge in [0.15, 0.2) is 0 Å². The minimum absolute atomic E-state index is 0.141. The summed E-state index contributed by atoms with van der Waals surface area (Å²) < 4.78 is 7.64. The standard InChI is InChI=1S/C31H22BrN5O5/c32-26-18-25(37(40)41)14-15-27(26)34-31(39)30(21-8-3-1-4-9-21)42-28(38)16-13-23-20-36(24-11-5-2-6-12-24)35-29(23)22-10-7-17-33-19-22/h1-20,30H,(H,34,39)/b16-13+/t30-/m1/s1. The lowest BCUT2D eigenvalue weighted by Gasteiger charge is -2.18. The van der Waals surface area contributed by atoms with Gasteiger partial charge in [0.1, 0.15) is 5.69 Å². The van der Waals surface area contributed by atoms with Gasteiger partial charge in [0.05, 0.1) is 16.3 Å². The maximum absolute atomic E-state index is 13.3. The van der Waals surface area contributed by atoms with Crippen molar-refractivity contribution in [1.29, 1.82) is 0 Å². The van der Waals surface area contributed by atoms with E-state index in [-0.39, 0.29) is 11.4 Å². The van der Waals surface area contributed by atoms with Crippen LogP contribution in [0.25, 0.3) is 23.0 Å². The molecule has 0 fully saturated rings. The molecule has 3 aromatic carbocycles. The molecular formula is C31H22BrN5O5. The van der Waals surface area contributed by atoms with Crippen LogP contribution in [0, 0.1) is 10.1 Å². The molecule has 208 valence electrons. The highest BCUT2D eigenvalue weighted by molar-refractivity contribution is 9.10. The normalized spacial score (nSPS) is 11.6. The van der Waals surface area contributed by atoms with Crippen molar-refractivity contribution in [3.63, 3.8) is 0 Å². The van der Waals surface area contributed by atoms with Crippen molar-refractivity contribution < 1.29 is 19.2 Å². The quantitative estimate of drug-likeness (QED) is 0.0853. The van der Waals surface area contributed by atoms with Crippen LogP contribution in [0.15, 0.2) is 120 Å². The summed E-state index contributed by atoms with van der Waals surface area (Å²) >= 11 is 3.25. The third-order valence-corrected chi connectivity index (χ3v) is 6.75. The van der Waals surface area contributed by atoms with Crippen LogP contribution in [0.5, 0.6) is 0 Å². The van der Waals surface area contributed by atoms with Crippen molar-refractivity contribution in [3.05, 3.63) is 141 Å². The maximum Gasteiger partial charge on any atom is 0.331 e. The predicted octanol–water partition coefficient (Wildman–Crippen LogP) is 6.54. The number of aromatic nitrogens is 3. The number of nitro groups is 1. The molecule has 0 bridgehead atoms. The first-order valence-corrected chi connectivity index (χ1v) is 13.4. The summed E-state index contributed by atoms with van der Waals surface area (Å²) in [5, 5.41) is 18.4. The van der Waals surface area contributed by atoms with Gasteiger partial charge in [0, 0.05) is 58.0 Å². The van der Waals surface area contributed by atoms with Crippen LogP contribution >= 0.6 is 15.9 Å². The number of non-ortho nitro benzene ring substituents is 1. The number of carbonyl (C=O) groups excluding carboxylic acids is 2. The van der Waals surface area contributed by atoms with E-state index in [1.807, 2.05) is 36.4 Å². The van der Waals surface area contributed by atoms with Crippen LogP contribution in [-0.4, -0.2) is 31.6 Å². The highest BCUT2D eigenvalue weighted by Crippen LogP contribution is 2.29. The van der Waals surface area contributed by atoms with Gasteiger partial charge >= 0.3 is 5.97 Å². The summed E-state index contributed by atoms with van der Waals surface area (Å²) in [5.74, 6) is -1.39. The average molecular weight is 624 g/mol.